The van der Waals surface area contributed by atoms with Crippen molar-refractivity contribution in [2.24, 2.45) is 5.41 Å². The number of rotatable bonds is 4. The first kappa shape index (κ1) is 11.0. The van der Waals surface area contributed by atoms with Crippen LogP contribution in [0.25, 0.3) is 0 Å². The van der Waals surface area contributed by atoms with E-state index in [1.807, 2.05) is 19.9 Å². The molecule has 0 aliphatic carbocycles. The molecule has 0 bridgehead atoms. The predicted octanol–water partition coefficient (Wildman–Crippen LogP) is 1.45. The summed E-state index contributed by atoms with van der Waals surface area (Å²) in [6.07, 6.45) is 1.45. The van der Waals surface area contributed by atoms with Crippen LogP contribution in [-0.4, -0.2) is 12.5 Å². The van der Waals surface area contributed by atoms with E-state index in [-0.39, 0.29) is 5.91 Å². The molecule has 3 heteroatoms. The summed E-state index contributed by atoms with van der Waals surface area (Å²) < 4.78 is 0. The third kappa shape index (κ3) is 2.54. The zero-order valence-corrected chi connectivity index (χ0v) is 7.98. The number of hydrogen-bond acceptors (Lipinski definition) is 2. The van der Waals surface area contributed by atoms with E-state index >= 15 is 0 Å². The summed E-state index contributed by atoms with van der Waals surface area (Å²) in [4.78, 5) is 11.4. The van der Waals surface area contributed by atoms with Gasteiger partial charge in [-0.3, -0.25) is 4.79 Å². The summed E-state index contributed by atoms with van der Waals surface area (Å²) in [6.45, 7) is 6.14. The highest BCUT2D eigenvalue weighted by Crippen LogP contribution is 2.19. The summed E-state index contributed by atoms with van der Waals surface area (Å²) in [7, 11) is 0. The average Bonchev–Trinajstić information content (AvgIpc) is 2.12. The zero-order chi connectivity index (χ0) is 9.61. The minimum absolute atomic E-state index is 0.158. The lowest BCUT2D eigenvalue weighted by atomic mass is 9.88. The predicted molar refractivity (Wildman–Crippen MR) is 47.3 cm³/mol. The molecule has 0 saturated carbocycles. The summed E-state index contributed by atoms with van der Waals surface area (Å²) in [5.74, 6) is -0.158. The smallest absolute Gasteiger partial charge is 0.240 e. The Bertz CT molecular complexity index is 195. The van der Waals surface area contributed by atoms with Gasteiger partial charge in [0.25, 0.3) is 0 Å². The summed E-state index contributed by atoms with van der Waals surface area (Å²) in [6, 6.07) is 2.02. The van der Waals surface area contributed by atoms with E-state index in [9.17, 15) is 4.79 Å². The molecule has 0 aliphatic rings. The van der Waals surface area contributed by atoms with E-state index < -0.39 is 5.41 Å². The molecule has 12 heavy (non-hydrogen) atoms. The molecular formula is C9H16N2O. The quantitative estimate of drug-likeness (QED) is 0.690. The Hall–Kier alpha value is -1.04. The first-order chi connectivity index (χ1) is 5.60. The Morgan fingerprint density at radius 3 is 2.50 bits per heavy atom. The van der Waals surface area contributed by atoms with Gasteiger partial charge in [0.1, 0.15) is 5.41 Å². The molecule has 0 aliphatic heterocycles. The van der Waals surface area contributed by atoms with Gasteiger partial charge in [0.2, 0.25) is 5.91 Å². The molecule has 0 spiro atoms. The Kier molecular flexibility index (Phi) is 4.35. The Morgan fingerprint density at radius 1 is 1.58 bits per heavy atom. The fourth-order valence-electron chi connectivity index (χ4n) is 0.724. The largest absolute Gasteiger partial charge is 0.355 e. The number of amides is 1. The van der Waals surface area contributed by atoms with E-state index in [0.29, 0.717) is 13.0 Å². The number of nitrogens with one attached hydrogen (secondary N) is 1. The van der Waals surface area contributed by atoms with Crippen molar-refractivity contribution in [3.63, 3.8) is 0 Å². The van der Waals surface area contributed by atoms with Gasteiger partial charge >= 0.3 is 0 Å². The first-order valence-corrected chi connectivity index (χ1v) is 4.30. The van der Waals surface area contributed by atoms with Gasteiger partial charge in [-0.2, -0.15) is 5.26 Å². The molecule has 1 atom stereocenters. The molecule has 0 saturated heterocycles. The lowest BCUT2D eigenvalue weighted by Gasteiger charge is -2.17. The van der Waals surface area contributed by atoms with Crippen LogP contribution in [0.3, 0.4) is 0 Å². The summed E-state index contributed by atoms with van der Waals surface area (Å²) >= 11 is 0. The van der Waals surface area contributed by atoms with E-state index in [4.69, 9.17) is 5.26 Å². The molecular weight excluding hydrogens is 152 g/mol. The Balaban J connectivity index is 4.15. The van der Waals surface area contributed by atoms with Gasteiger partial charge in [0.05, 0.1) is 6.07 Å². The number of nitrogens with zero attached hydrogens (tertiary/aromatic N) is 1. The zero-order valence-electron chi connectivity index (χ0n) is 7.98. The molecule has 0 aromatic rings. The standard InChI is InChI=1S/C9H16N2O/c1-4-6-11-8(12)9(3,5-2)7-10/h4-6H2,1-3H3,(H,11,12). The molecule has 0 radical (unpaired) electrons. The number of hydrogen-bond donors (Lipinski definition) is 1. The lowest BCUT2D eigenvalue weighted by molar-refractivity contribution is -0.127. The molecule has 0 fully saturated rings. The summed E-state index contributed by atoms with van der Waals surface area (Å²) in [5.41, 5.74) is -0.852. The van der Waals surface area contributed by atoms with Crippen molar-refractivity contribution < 1.29 is 4.79 Å². The van der Waals surface area contributed by atoms with Gasteiger partial charge in [0.15, 0.2) is 0 Å². The molecule has 3 nitrogen and oxygen atoms in total. The first-order valence-electron chi connectivity index (χ1n) is 4.30. The average molecular weight is 168 g/mol. The van der Waals surface area contributed by atoms with E-state index in [0.717, 1.165) is 6.42 Å². The number of carbonyl (C=O) groups excluding carboxylic acids is 1. The molecule has 0 aromatic carbocycles. The molecule has 0 rings (SSSR count). The van der Waals surface area contributed by atoms with Crippen LogP contribution in [0.1, 0.15) is 33.6 Å². The van der Waals surface area contributed by atoms with Crippen LogP contribution >= 0.6 is 0 Å². The van der Waals surface area contributed by atoms with Crippen LogP contribution in [-0.2, 0) is 4.79 Å². The third-order valence-electron chi connectivity index (χ3n) is 1.99. The van der Waals surface area contributed by atoms with Crippen LogP contribution in [0.15, 0.2) is 0 Å². The van der Waals surface area contributed by atoms with E-state index in [1.165, 1.54) is 0 Å². The van der Waals surface area contributed by atoms with Gasteiger partial charge < -0.3 is 5.32 Å². The van der Waals surface area contributed by atoms with Gasteiger partial charge in [-0.15, -0.1) is 0 Å². The van der Waals surface area contributed by atoms with E-state index in [2.05, 4.69) is 5.32 Å². The highest BCUT2D eigenvalue weighted by Gasteiger charge is 2.30. The second-order valence-corrected chi connectivity index (χ2v) is 3.05. The van der Waals surface area contributed by atoms with Crippen LogP contribution < -0.4 is 5.32 Å². The van der Waals surface area contributed by atoms with Crippen molar-refractivity contribution in [3.8, 4) is 6.07 Å². The maximum atomic E-state index is 11.4. The van der Waals surface area contributed by atoms with Crippen molar-refractivity contribution in [1.82, 2.24) is 5.32 Å². The van der Waals surface area contributed by atoms with Crippen LogP contribution in [0.4, 0.5) is 0 Å². The minimum Gasteiger partial charge on any atom is -0.355 e. The van der Waals surface area contributed by atoms with Gasteiger partial charge in [-0.05, 0) is 19.8 Å². The second kappa shape index (κ2) is 4.76. The van der Waals surface area contributed by atoms with Crippen molar-refractivity contribution in [2.75, 3.05) is 6.54 Å². The van der Waals surface area contributed by atoms with Crippen LogP contribution in [0.5, 0.6) is 0 Å². The Morgan fingerprint density at radius 2 is 2.17 bits per heavy atom. The topological polar surface area (TPSA) is 52.9 Å². The maximum absolute atomic E-state index is 11.4. The van der Waals surface area contributed by atoms with E-state index in [1.54, 1.807) is 6.92 Å². The maximum Gasteiger partial charge on any atom is 0.240 e. The van der Waals surface area contributed by atoms with Crippen LogP contribution in [0.2, 0.25) is 0 Å². The number of nitriles is 1. The van der Waals surface area contributed by atoms with Gasteiger partial charge in [-0.1, -0.05) is 13.8 Å². The van der Waals surface area contributed by atoms with Gasteiger partial charge in [-0.25, -0.2) is 0 Å². The highest BCUT2D eigenvalue weighted by atomic mass is 16.2. The normalized spacial score (nSPS) is 14.5. The summed E-state index contributed by atoms with van der Waals surface area (Å²) in [5, 5.41) is 11.5. The lowest BCUT2D eigenvalue weighted by Crippen LogP contribution is -2.37. The highest BCUT2D eigenvalue weighted by molar-refractivity contribution is 5.84. The molecule has 1 N–H and O–H groups in total. The molecule has 0 heterocycles. The second-order valence-electron chi connectivity index (χ2n) is 3.05. The fourth-order valence-corrected chi connectivity index (χ4v) is 0.724. The molecule has 1 amide bonds. The van der Waals surface area contributed by atoms with Crippen molar-refractivity contribution in [2.45, 2.75) is 33.6 Å². The molecule has 68 valence electrons. The van der Waals surface area contributed by atoms with Gasteiger partial charge in [0, 0.05) is 6.54 Å². The molecule has 0 aromatic heterocycles. The van der Waals surface area contributed by atoms with Crippen LogP contribution in [0, 0.1) is 16.7 Å². The van der Waals surface area contributed by atoms with Crippen molar-refractivity contribution in [3.05, 3.63) is 0 Å². The minimum atomic E-state index is -0.852. The number of carbonyl (C=O) groups is 1. The Labute approximate surface area is 73.8 Å². The monoisotopic (exact) mass is 168 g/mol. The van der Waals surface area contributed by atoms with Crippen molar-refractivity contribution >= 4 is 5.91 Å². The third-order valence-corrected chi connectivity index (χ3v) is 1.99. The van der Waals surface area contributed by atoms with Crippen molar-refractivity contribution in [1.29, 1.82) is 5.26 Å². The SMILES string of the molecule is CCCNC(=O)C(C)(C#N)CC. The molecule has 1 unspecified atom stereocenters. The fraction of sp³-hybridized carbons (Fsp3) is 0.778.